The summed E-state index contributed by atoms with van der Waals surface area (Å²) in [5, 5.41) is 0. The maximum absolute atomic E-state index is 2.42. The first kappa shape index (κ1) is 7.37. The molecule has 3 atom stereocenters. The van der Waals surface area contributed by atoms with Gasteiger partial charge in [0.25, 0.3) is 0 Å². The molecule has 3 rings (SSSR count). The number of fused-ring (bicyclic) bond motifs is 2. The molecule has 1 fully saturated rings. The highest BCUT2D eigenvalue weighted by Gasteiger charge is 2.35. The second-order valence-corrected chi connectivity index (χ2v) is 4.30. The van der Waals surface area contributed by atoms with Crippen molar-refractivity contribution >= 4 is 0 Å². The van der Waals surface area contributed by atoms with E-state index in [1.807, 2.05) is 0 Å². The summed E-state index contributed by atoms with van der Waals surface area (Å²) < 4.78 is 0. The number of hydrogen-bond acceptors (Lipinski definition) is 0. The molecular formula is C13H14. The third-order valence-electron chi connectivity index (χ3n) is 3.51. The molecule has 0 saturated heterocycles. The minimum Gasteiger partial charge on any atom is -0.0851 e. The molecule has 66 valence electrons. The van der Waals surface area contributed by atoms with Crippen LogP contribution in [-0.2, 0) is 0 Å². The molecule has 0 spiro atoms. The van der Waals surface area contributed by atoms with Crippen LogP contribution in [-0.4, -0.2) is 0 Å². The van der Waals surface area contributed by atoms with E-state index in [0.29, 0.717) is 0 Å². The van der Waals surface area contributed by atoms with E-state index in [1.165, 1.54) is 12.8 Å². The summed E-state index contributed by atoms with van der Waals surface area (Å²) in [6, 6.07) is 11.0. The van der Waals surface area contributed by atoms with Crippen LogP contribution in [0.15, 0.2) is 42.5 Å². The highest BCUT2D eigenvalue weighted by molar-refractivity contribution is 5.27. The van der Waals surface area contributed by atoms with E-state index in [0.717, 1.165) is 17.8 Å². The topological polar surface area (TPSA) is 0 Å². The predicted octanol–water partition coefficient (Wildman–Crippen LogP) is 3.37. The zero-order valence-corrected chi connectivity index (χ0v) is 7.69. The van der Waals surface area contributed by atoms with Crippen LogP contribution in [0.3, 0.4) is 0 Å². The van der Waals surface area contributed by atoms with E-state index in [-0.39, 0.29) is 0 Å². The van der Waals surface area contributed by atoms with Gasteiger partial charge in [0.2, 0.25) is 0 Å². The molecule has 0 aromatic heterocycles. The van der Waals surface area contributed by atoms with Gasteiger partial charge in [0.1, 0.15) is 0 Å². The average molecular weight is 170 g/mol. The molecule has 0 heteroatoms. The SMILES string of the molecule is C1=C[C@@H]2C[C@H]1C[C@H]2c1ccccc1. The predicted molar refractivity (Wildman–Crippen MR) is 54.5 cm³/mol. The van der Waals surface area contributed by atoms with Crippen molar-refractivity contribution in [3.8, 4) is 0 Å². The molecule has 1 saturated carbocycles. The second kappa shape index (κ2) is 2.73. The molecule has 0 aliphatic heterocycles. The standard InChI is InChI=1S/C13H14/c1-2-4-11(5-3-1)13-9-10-6-7-12(13)8-10/h1-7,10,12-13H,8-9H2/t10-,12+,13-/m0/s1. The normalized spacial score (nSPS) is 35.5. The summed E-state index contributed by atoms with van der Waals surface area (Å²) >= 11 is 0. The van der Waals surface area contributed by atoms with E-state index in [9.17, 15) is 0 Å². The number of hydrogen-bond donors (Lipinski definition) is 0. The third-order valence-corrected chi connectivity index (χ3v) is 3.51. The molecule has 1 aromatic rings. The fourth-order valence-electron chi connectivity index (χ4n) is 2.86. The van der Waals surface area contributed by atoms with E-state index in [2.05, 4.69) is 42.5 Å². The Morgan fingerprint density at radius 3 is 2.38 bits per heavy atom. The Hall–Kier alpha value is -1.04. The van der Waals surface area contributed by atoms with Crippen molar-refractivity contribution in [2.75, 3.05) is 0 Å². The van der Waals surface area contributed by atoms with Crippen molar-refractivity contribution in [3.05, 3.63) is 48.0 Å². The molecule has 0 unspecified atom stereocenters. The highest BCUT2D eigenvalue weighted by atomic mass is 14.4. The van der Waals surface area contributed by atoms with Crippen molar-refractivity contribution in [3.63, 3.8) is 0 Å². The van der Waals surface area contributed by atoms with Gasteiger partial charge < -0.3 is 0 Å². The molecular weight excluding hydrogens is 156 g/mol. The largest absolute Gasteiger partial charge is 0.0851 e. The molecule has 2 bridgehead atoms. The lowest BCUT2D eigenvalue weighted by atomic mass is 9.87. The molecule has 1 aromatic carbocycles. The van der Waals surface area contributed by atoms with Crippen molar-refractivity contribution in [1.82, 2.24) is 0 Å². The lowest BCUT2D eigenvalue weighted by Crippen LogP contribution is -2.04. The van der Waals surface area contributed by atoms with E-state index in [4.69, 9.17) is 0 Å². The maximum atomic E-state index is 2.42. The van der Waals surface area contributed by atoms with Crippen molar-refractivity contribution < 1.29 is 0 Å². The van der Waals surface area contributed by atoms with E-state index < -0.39 is 0 Å². The van der Waals surface area contributed by atoms with Gasteiger partial charge in [-0.3, -0.25) is 0 Å². The van der Waals surface area contributed by atoms with Crippen LogP contribution < -0.4 is 0 Å². The molecule has 0 nitrogen and oxygen atoms in total. The van der Waals surface area contributed by atoms with Crippen LogP contribution in [0.1, 0.15) is 24.3 Å². The Kier molecular flexibility index (Phi) is 1.55. The smallest absolute Gasteiger partial charge is 0.00932 e. The first-order valence-electron chi connectivity index (χ1n) is 5.17. The lowest BCUT2D eigenvalue weighted by molar-refractivity contribution is 0.585. The zero-order valence-electron chi connectivity index (χ0n) is 7.69. The summed E-state index contributed by atoms with van der Waals surface area (Å²) in [5.74, 6) is 2.54. The van der Waals surface area contributed by atoms with Crippen LogP contribution in [0.4, 0.5) is 0 Å². The Balaban J connectivity index is 1.92. The summed E-state index contributed by atoms with van der Waals surface area (Å²) in [4.78, 5) is 0. The Morgan fingerprint density at radius 2 is 1.77 bits per heavy atom. The number of rotatable bonds is 1. The quantitative estimate of drug-likeness (QED) is 0.567. The number of benzene rings is 1. The molecule has 13 heavy (non-hydrogen) atoms. The summed E-state index contributed by atoms with van der Waals surface area (Å²) in [5.41, 5.74) is 1.54. The summed E-state index contributed by atoms with van der Waals surface area (Å²) in [6.45, 7) is 0. The third kappa shape index (κ3) is 1.13. The van der Waals surface area contributed by atoms with Gasteiger partial charge in [-0.1, -0.05) is 42.5 Å². The summed E-state index contributed by atoms with van der Waals surface area (Å²) in [7, 11) is 0. The van der Waals surface area contributed by atoms with Gasteiger partial charge in [-0.05, 0) is 36.2 Å². The average Bonchev–Trinajstić information content (AvgIpc) is 2.80. The fourth-order valence-corrected chi connectivity index (χ4v) is 2.86. The van der Waals surface area contributed by atoms with Crippen LogP contribution in [0.25, 0.3) is 0 Å². The second-order valence-electron chi connectivity index (χ2n) is 4.30. The summed E-state index contributed by atoms with van der Waals surface area (Å²) in [6.07, 6.45) is 7.61. The zero-order chi connectivity index (χ0) is 8.67. The van der Waals surface area contributed by atoms with Crippen LogP contribution in [0, 0.1) is 11.8 Å². The van der Waals surface area contributed by atoms with Crippen LogP contribution in [0.5, 0.6) is 0 Å². The molecule has 0 N–H and O–H groups in total. The minimum atomic E-state index is 0.816. The van der Waals surface area contributed by atoms with Gasteiger partial charge in [-0.2, -0.15) is 0 Å². The van der Waals surface area contributed by atoms with Gasteiger partial charge in [0.05, 0.1) is 0 Å². The van der Waals surface area contributed by atoms with Crippen molar-refractivity contribution in [2.45, 2.75) is 18.8 Å². The van der Waals surface area contributed by atoms with Crippen LogP contribution in [0.2, 0.25) is 0 Å². The fraction of sp³-hybridized carbons (Fsp3) is 0.385. The van der Waals surface area contributed by atoms with Gasteiger partial charge in [0.15, 0.2) is 0 Å². The monoisotopic (exact) mass is 170 g/mol. The van der Waals surface area contributed by atoms with Crippen molar-refractivity contribution in [1.29, 1.82) is 0 Å². The van der Waals surface area contributed by atoms with Gasteiger partial charge in [-0.15, -0.1) is 0 Å². The first-order chi connectivity index (χ1) is 6.43. The lowest BCUT2D eigenvalue weighted by Gasteiger charge is -2.17. The molecule has 0 radical (unpaired) electrons. The van der Waals surface area contributed by atoms with Gasteiger partial charge >= 0.3 is 0 Å². The molecule has 0 amide bonds. The number of allylic oxidation sites excluding steroid dienone is 2. The molecule has 2 aliphatic carbocycles. The first-order valence-corrected chi connectivity index (χ1v) is 5.17. The Morgan fingerprint density at radius 1 is 0.923 bits per heavy atom. The maximum Gasteiger partial charge on any atom is -0.00932 e. The highest BCUT2D eigenvalue weighted by Crippen LogP contribution is 2.48. The van der Waals surface area contributed by atoms with Crippen molar-refractivity contribution in [2.24, 2.45) is 11.8 Å². The van der Waals surface area contributed by atoms with E-state index in [1.54, 1.807) is 5.56 Å². The van der Waals surface area contributed by atoms with Gasteiger partial charge in [0, 0.05) is 0 Å². The Bertz CT molecular complexity index is 323. The Labute approximate surface area is 79.3 Å². The molecule has 0 heterocycles. The molecule has 2 aliphatic rings. The minimum absolute atomic E-state index is 0.816. The van der Waals surface area contributed by atoms with Gasteiger partial charge in [-0.25, -0.2) is 0 Å². The van der Waals surface area contributed by atoms with Crippen LogP contribution >= 0.6 is 0 Å². The van der Waals surface area contributed by atoms with E-state index >= 15 is 0 Å².